The maximum atomic E-state index is 12.5. The molecule has 0 radical (unpaired) electrons. The Labute approximate surface area is 171 Å². The van der Waals surface area contributed by atoms with Gasteiger partial charge < -0.3 is 10.1 Å². The molecule has 0 aliphatic heterocycles. The molecule has 0 saturated heterocycles. The zero-order valence-corrected chi connectivity index (χ0v) is 16.5. The highest BCUT2D eigenvalue weighted by molar-refractivity contribution is 6.09. The van der Waals surface area contributed by atoms with Crippen LogP contribution < -0.4 is 10.1 Å². The summed E-state index contributed by atoms with van der Waals surface area (Å²) in [6.45, 7) is 4.44. The molecule has 0 heterocycles. The number of anilines is 1. The van der Waals surface area contributed by atoms with Crippen molar-refractivity contribution in [2.45, 2.75) is 20.5 Å². The third-order valence-corrected chi connectivity index (χ3v) is 4.55. The van der Waals surface area contributed by atoms with Crippen molar-refractivity contribution in [3.63, 3.8) is 0 Å². The summed E-state index contributed by atoms with van der Waals surface area (Å²) < 4.78 is 5.82. The highest BCUT2D eigenvalue weighted by atomic mass is 16.5. The lowest BCUT2D eigenvalue weighted by Gasteiger charge is -2.08. The van der Waals surface area contributed by atoms with E-state index in [0.29, 0.717) is 18.0 Å². The van der Waals surface area contributed by atoms with E-state index in [-0.39, 0.29) is 5.57 Å². The Morgan fingerprint density at radius 2 is 1.79 bits per heavy atom. The molecule has 1 amide bonds. The van der Waals surface area contributed by atoms with Gasteiger partial charge in [0.2, 0.25) is 0 Å². The van der Waals surface area contributed by atoms with Gasteiger partial charge in [0.05, 0.1) is 0 Å². The Morgan fingerprint density at radius 3 is 2.52 bits per heavy atom. The molecule has 0 aliphatic rings. The van der Waals surface area contributed by atoms with Gasteiger partial charge in [-0.25, -0.2) is 0 Å². The Hall–Kier alpha value is -3.84. The van der Waals surface area contributed by atoms with Gasteiger partial charge in [-0.15, -0.1) is 0 Å². The Balaban J connectivity index is 1.72. The molecule has 0 aromatic heterocycles. The molecule has 29 heavy (non-hydrogen) atoms. The van der Waals surface area contributed by atoms with Crippen LogP contribution in [0.1, 0.15) is 22.3 Å². The minimum atomic E-state index is -0.439. The second kappa shape index (κ2) is 9.38. The fourth-order valence-corrected chi connectivity index (χ4v) is 2.77. The summed E-state index contributed by atoms with van der Waals surface area (Å²) in [6.07, 6.45) is 1.56. The molecule has 0 atom stereocenters. The number of hydrogen-bond donors (Lipinski definition) is 1. The maximum Gasteiger partial charge on any atom is 0.266 e. The zero-order valence-electron chi connectivity index (χ0n) is 16.5. The first-order chi connectivity index (χ1) is 14.0. The van der Waals surface area contributed by atoms with Crippen LogP contribution in [-0.4, -0.2) is 5.91 Å². The van der Waals surface area contributed by atoms with E-state index >= 15 is 0 Å². The van der Waals surface area contributed by atoms with Gasteiger partial charge in [0, 0.05) is 5.69 Å². The largest absolute Gasteiger partial charge is 0.489 e. The van der Waals surface area contributed by atoms with Crippen molar-refractivity contribution >= 4 is 17.7 Å². The molecule has 3 aromatic carbocycles. The predicted molar refractivity (Wildman–Crippen MR) is 115 cm³/mol. The number of benzene rings is 3. The number of carbonyl (C=O) groups excluding carboxylic acids is 1. The standard InChI is InChI=1S/C25H22N2O2/c1-18-11-12-23(13-19(18)2)27-25(28)22(16-26)14-21-9-6-10-24(15-21)29-17-20-7-4-3-5-8-20/h3-15H,17H2,1-2H3,(H,27,28)/b22-14-. The summed E-state index contributed by atoms with van der Waals surface area (Å²) in [5.74, 6) is 0.237. The van der Waals surface area contributed by atoms with Gasteiger partial charge in [0.25, 0.3) is 5.91 Å². The summed E-state index contributed by atoms with van der Waals surface area (Å²) >= 11 is 0. The molecule has 0 aliphatic carbocycles. The van der Waals surface area contributed by atoms with Gasteiger partial charge in [-0.2, -0.15) is 5.26 Å². The summed E-state index contributed by atoms with van der Waals surface area (Å²) in [7, 11) is 0. The van der Waals surface area contributed by atoms with Gasteiger partial charge in [-0.3, -0.25) is 4.79 Å². The molecule has 0 saturated carbocycles. The number of ether oxygens (including phenoxy) is 1. The molecule has 1 N–H and O–H groups in total. The minimum Gasteiger partial charge on any atom is -0.489 e. The molecule has 0 unspecified atom stereocenters. The molecule has 0 spiro atoms. The van der Waals surface area contributed by atoms with Crippen molar-refractivity contribution < 1.29 is 9.53 Å². The van der Waals surface area contributed by atoms with Gasteiger partial charge in [0.15, 0.2) is 0 Å². The second-order valence-electron chi connectivity index (χ2n) is 6.77. The highest BCUT2D eigenvalue weighted by Crippen LogP contribution is 2.19. The van der Waals surface area contributed by atoms with E-state index in [1.54, 1.807) is 6.08 Å². The Morgan fingerprint density at radius 1 is 1.00 bits per heavy atom. The molecule has 3 aromatic rings. The summed E-state index contributed by atoms with van der Waals surface area (Å²) in [5.41, 5.74) is 4.71. The lowest BCUT2D eigenvalue weighted by atomic mass is 10.1. The molecule has 0 fully saturated rings. The van der Waals surface area contributed by atoms with E-state index in [9.17, 15) is 10.1 Å². The molecule has 4 heteroatoms. The van der Waals surface area contributed by atoms with E-state index in [4.69, 9.17) is 4.74 Å². The Kier molecular flexibility index (Phi) is 6.44. The van der Waals surface area contributed by atoms with Crippen LogP contribution in [0.2, 0.25) is 0 Å². The van der Waals surface area contributed by atoms with E-state index in [1.165, 1.54) is 0 Å². The zero-order chi connectivity index (χ0) is 20.6. The van der Waals surface area contributed by atoms with E-state index < -0.39 is 5.91 Å². The van der Waals surface area contributed by atoms with Crippen LogP contribution in [0.5, 0.6) is 5.75 Å². The quantitative estimate of drug-likeness (QED) is 0.457. The number of nitriles is 1. The monoisotopic (exact) mass is 382 g/mol. The predicted octanol–water partition coefficient (Wildman–Crippen LogP) is 5.43. The lowest BCUT2D eigenvalue weighted by Crippen LogP contribution is -2.13. The lowest BCUT2D eigenvalue weighted by molar-refractivity contribution is -0.112. The number of carbonyl (C=O) groups is 1. The molecule has 0 bridgehead atoms. The van der Waals surface area contributed by atoms with E-state index in [1.807, 2.05) is 92.7 Å². The maximum absolute atomic E-state index is 12.5. The van der Waals surface area contributed by atoms with Gasteiger partial charge in [0.1, 0.15) is 24.0 Å². The fraction of sp³-hybridized carbons (Fsp3) is 0.120. The third kappa shape index (κ3) is 5.57. The SMILES string of the molecule is Cc1ccc(NC(=O)/C(C#N)=C\c2cccc(OCc3ccccc3)c2)cc1C. The minimum absolute atomic E-state index is 0.0310. The number of rotatable bonds is 6. The summed E-state index contributed by atoms with van der Waals surface area (Å²) in [4.78, 5) is 12.5. The first kappa shape index (κ1) is 19.9. The summed E-state index contributed by atoms with van der Waals surface area (Å²) in [5, 5.41) is 12.2. The number of hydrogen-bond acceptors (Lipinski definition) is 3. The first-order valence-electron chi connectivity index (χ1n) is 9.32. The molecular formula is C25H22N2O2. The average Bonchev–Trinajstić information content (AvgIpc) is 2.74. The first-order valence-corrected chi connectivity index (χ1v) is 9.32. The number of aryl methyl sites for hydroxylation is 2. The highest BCUT2D eigenvalue weighted by Gasteiger charge is 2.10. The van der Waals surface area contributed by atoms with Crippen LogP contribution in [0.4, 0.5) is 5.69 Å². The Bertz CT molecular complexity index is 1080. The van der Waals surface area contributed by atoms with Crippen LogP contribution in [0, 0.1) is 25.2 Å². The van der Waals surface area contributed by atoms with Crippen LogP contribution in [-0.2, 0) is 11.4 Å². The van der Waals surface area contributed by atoms with Crippen LogP contribution in [0.3, 0.4) is 0 Å². The van der Waals surface area contributed by atoms with Crippen molar-refractivity contribution in [3.05, 3.63) is 101 Å². The topological polar surface area (TPSA) is 62.1 Å². The van der Waals surface area contributed by atoms with Crippen molar-refractivity contribution in [1.29, 1.82) is 5.26 Å². The van der Waals surface area contributed by atoms with E-state index in [2.05, 4.69) is 5.32 Å². The summed E-state index contributed by atoms with van der Waals surface area (Å²) in [6, 6.07) is 24.8. The molecule has 3 rings (SSSR count). The number of nitrogens with one attached hydrogen (secondary N) is 1. The molecule has 144 valence electrons. The fourth-order valence-electron chi connectivity index (χ4n) is 2.77. The number of amides is 1. The average molecular weight is 382 g/mol. The second-order valence-corrected chi connectivity index (χ2v) is 6.77. The van der Waals surface area contributed by atoms with Crippen LogP contribution in [0.15, 0.2) is 78.4 Å². The van der Waals surface area contributed by atoms with Crippen molar-refractivity contribution in [2.24, 2.45) is 0 Å². The van der Waals surface area contributed by atoms with Crippen molar-refractivity contribution in [3.8, 4) is 11.8 Å². The van der Waals surface area contributed by atoms with Crippen molar-refractivity contribution in [1.82, 2.24) is 0 Å². The van der Waals surface area contributed by atoms with Gasteiger partial charge in [-0.05, 0) is 66.4 Å². The smallest absolute Gasteiger partial charge is 0.266 e. The normalized spacial score (nSPS) is 10.9. The number of nitrogens with zero attached hydrogens (tertiary/aromatic N) is 1. The van der Waals surface area contributed by atoms with Gasteiger partial charge in [-0.1, -0.05) is 48.5 Å². The molecule has 4 nitrogen and oxygen atoms in total. The third-order valence-electron chi connectivity index (χ3n) is 4.55. The van der Waals surface area contributed by atoms with Crippen LogP contribution >= 0.6 is 0 Å². The van der Waals surface area contributed by atoms with Crippen LogP contribution in [0.25, 0.3) is 6.08 Å². The van der Waals surface area contributed by atoms with E-state index in [0.717, 1.165) is 22.3 Å². The molecular weight excluding hydrogens is 360 g/mol. The van der Waals surface area contributed by atoms with Crippen molar-refractivity contribution in [2.75, 3.05) is 5.32 Å². The van der Waals surface area contributed by atoms with Gasteiger partial charge >= 0.3 is 0 Å².